The number of fused-ring (bicyclic) bond motifs is 1. The van der Waals surface area contributed by atoms with Crippen LogP contribution in [0.5, 0.6) is 0 Å². The fourth-order valence-corrected chi connectivity index (χ4v) is 4.82. The van der Waals surface area contributed by atoms with Crippen LogP contribution >= 0.6 is 0 Å². The van der Waals surface area contributed by atoms with E-state index < -0.39 is 35.9 Å². The SMILES string of the molecule is CC[C@H](NC(=O)[C@@H]1CCCN1C(=O)CNC(=O)N[C@H](CN1CCc2ccccc2C1=O)C(C)(C)C)C(=O)O. The van der Waals surface area contributed by atoms with Crippen LogP contribution in [0.1, 0.15) is 62.9 Å². The zero-order valence-corrected chi connectivity index (χ0v) is 22.6. The van der Waals surface area contributed by atoms with Gasteiger partial charge in [0.15, 0.2) is 0 Å². The number of nitrogens with zero attached hydrogens (tertiary/aromatic N) is 2. The number of amides is 5. The Hall–Kier alpha value is -3.63. The monoisotopic (exact) mass is 529 g/mol. The lowest BCUT2D eigenvalue weighted by Crippen LogP contribution is -2.56. The molecule has 1 fully saturated rings. The van der Waals surface area contributed by atoms with Crippen molar-refractivity contribution in [1.82, 2.24) is 25.8 Å². The molecule has 3 atom stereocenters. The van der Waals surface area contributed by atoms with E-state index in [-0.39, 0.29) is 30.3 Å². The normalized spacial score (nSPS) is 18.8. The van der Waals surface area contributed by atoms with Gasteiger partial charge in [-0.2, -0.15) is 0 Å². The fourth-order valence-electron chi connectivity index (χ4n) is 4.82. The van der Waals surface area contributed by atoms with E-state index in [2.05, 4.69) is 16.0 Å². The van der Waals surface area contributed by atoms with E-state index in [1.165, 1.54) is 4.90 Å². The van der Waals surface area contributed by atoms with E-state index in [0.717, 1.165) is 12.0 Å². The first-order valence-corrected chi connectivity index (χ1v) is 13.2. The number of nitrogens with one attached hydrogen (secondary N) is 3. The zero-order valence-electron chi connectivity index (χ0n) is 22.6. The Kier molecular flexibility index (Phi) is 9.35. The van der Waals surface area contributed by atoms with Crippen LogP contribution in [0.2, 0.25) is 0 Å². The molecule has 5 amide bonds. The molecule has 0 spiro atoms. The minimum atomic E-state index is -1.13. The van der Waals surface area contributed by atoms with Gasteiger partial charge in [0.2, 0.25) is 11.8 Å². The third-order valence-corrected chi connectivity index (χ3v) is 7.24. The summed E-state index contributed by atoms with van der Waals surface area (Å²) in [5.74, 6) is -2.12. The largest absolute Gasteiger partial charge is 0.480 e. The highest BCUT2D eigenvalue weighted by molar-refractivity contribution is 5.97. The summed E-state index contributed by atoms with van der Waals surface area (Å²) in [5, 5.41) is 17.2. The molecule has 0 aromatic heterocycles. The number of carboxylic acids is 1. The maximum absolute atomic E-state index is 13.0. The second-order valence-electron chi connectivity index (χ2n) is 11.0. The third kappa shape index (κ3) is 7.02. The van der Waals surface area contributed by atoms with Crippen LogP contribution in [0.4, 0.5) is 4.79 Å². The van der Waals surface area contributed by atoms with Crippen LogP contribution in [0.25, 0.3) is 0 Å². The van der Waals surface area contributed by atoms with Gasteiger partial charge in [-0.25, -0.2) is 9.59 Å². The van der Waals surface area contributed by atoms with E-state index in [0.29, 0.717) is 38.0 Å². The summed E-state index contributed by atoms with van der Waals surface area (Å²) < 4.78 is 0. The number of carboxylic acid groups (broad SMARTS) is 1. The standard InChI is InChI=1S/C27H39N5O6/c1-5-19(25(36)37)29-23(34)20-11-8-13-32(20)22(33)15-28-26(38)30-21(27(2,3)4)16-31-14-12-17-9-6-7-10-18(17)24(31)35/h6-7,9-10,19-21H,5,8,11-16H2,1-4H3,(H,29,34)(H,36,37)(H2,28,30,38)/t19-,20-,21+/m0/s1. The van der Waals surface area contributed by atoms with Crippen molar-refractivity contribution in [3.8, 4) is 0 Å². The summed E-state index contributed by atoms with van der Waals surface area (Å²) in [6.07, 6.45) is 2.02. The Balaban J connectivity index is 1.56. The molecule has 3 rings (SSSR count). The second kappa shape index (κ2) is 12.3. The van der Waals surface area contributed by atoms with Crippen molar-refractivity contribution < 1.29 is 29.1 Å². The van der Waals surface area contributed by atoms with Gasteiger partial charge in [0, 0.05) is 25.2 Å². The van der Waals surface area contributed by atoms with Crippen LogP contribution in [0, 0.1) is 5.41 Å². The van der Waals surface area contributed by atoms with Crippen LogP contribution in [-0.2, 0) is 20.8 Å². The number of urea groups is 1. The highest BCUT2D eigenvalue weighted by Crippen LogP contribution is 2.24. The first-order valence-electron chi connectivity index (χ1n) is 13.2. The minimum absolute atomic E-state index is 0.0648. The fraction of sp³-hybridized carbons (Fsp3) is 0.593. The molecule has 0 saturated carbocycles. The number of hydrogen-bond acceptors (Lipinski definition) is 5. The predicted molar refractivity (Wildman–Crippen MR) is 140 cm³/mol. The van der Waals surface area contributed by atoms with Gasteiger partial charge in [-0.05, 0) is 42.7 Å². The highest BCUT2D eigenvalue weighted by atomic mass is 16.4. The Morgan fingerprint density at radius 2 is 1.82 bits per heavy atom. The summed E-state index contributed by atoms with van der Waals surface area (Å²) in [6, 6.07) is 4.83. The Labute approximate surface area is 223 Å². The molecular formula is C27H39N5O6. The average molecular weight is 530 g/mol. The van der Waals surface area contributed by atoms with Crippen molar-refractivity contribution in [3.05, 3.63) is 35.4 Å². The first-order chi connectivity index (χ1) is 17.9. The van der Waals surface area contributed by atoms with Crippen molar-refractivity contribution >= 4 is 29.7 Å². The molecule has 208 valence electrons. The summed E-state index contributed by atoms with van der Waals surface area (Å²) >= 11 is 0. The lowest BCUT2D eigenvalue weighted by Gasteiger charge is -2.37. The smallest absolute Gasteiger partial charge is 0.326 e. The van der Waals surface area contributed by atoms with Crippen LogP contribution in [-0.4, -0.2) is 88.9 Å². The number of carbonyl (C=O) groups is 5. The van der Waals surface area contributed by atoms with E-state index >= 15 is 0 Å². The van der Waals surface area contributed by atoms with Crippen molar-refractivity contribution in [3.63, 3.8) is 0 Å². The Morgan fingerprint density at radius 1 is 1.11 bits per heavy atom. The summed E-state index contributed by atoms with van der Waals surface area (Å²) in [6.45, 7) is 8.51. The topological polar surface area (TPSA) is 148 Å². The number of benzene rings is 1. The quantitative estimate of drug-likeness (QED) is 0.380. The van der Waals surface area contributed by atoms with Gasteiger partial charge in [0.05, 0.1) is 12.6 Å². The lowest BCUT2D eigenvalue weighted by atomic mass is 9.85. The summed E-state index contributed by atoms with van der Waals surface area (Å²) in [5.41, 5.74) is 1.34. The molecule has 1 aromatic rings. The number of likely N-dealkylation sites (tertiary alicyclic amines) is 1. The Bertz CT molecular complexity index is 1070. The summed E-state index contributed by atoms with van der Waals surface area (Å²) in [4.78, 5) is 65.7. The molecule has 1 saturated heterocycles. The van der Waals surface area contributed by atoms with E-state index in [1.54, 1.807) is 11.8 Å². The molecule has 2 heterocycles. The number of carbonyl (C=O) groups excluding carboxylic acids is 4. The van der Waals surface area contributed by atoms with Crippen LogP contribution in [0.3, 0.4) is 0 Å². The van der Waals surface area contributed by atoms with Gasteiger partial charge < -0.3 is 30.9 Å². The van der Waals surface area contributed by atoms with Gasteiger partial charge in [-0.3, -0.25) is 14.4 Å². The Morgan fingerprint density at radius 3 is 2.47 bits per heavy atom. The molecule has 2 aliphatic rings. The van der Waals surface area contributed by atoms with Gasteiger partial charge >= 0.3 is 12.0 Å². The molecule has 4 N–H and O–H groups in total. The molecular weight excluding hydrogens is 490 g/mol. The number of rotatable bonds is 9. The number of aliphatic carboxylic acids is 1. The predicted octanol–water partition coefficient (Wildman–Crippen LogP) is 1.37. The van der Waals surface area contributed by atoms with Gasteiger partial charge in [0.1, 0.15) is 12.1 Å². The van der Waals surface area contributed by atoms with Gasteiger partial charge in [0.25, 0.3) is 5.91 Å². The van der Waals surface area contributed by atoms with Crippen molar-refractivity contribution in [2.24, 2.45) is 5.41 Å². The third-order valence-electron chi connectivity index (χ3n) is 7.24. The average Bonchev–Trinajstić information content (AvgIpc) is 3.36. The van der Waals surface area contributed by atoms with E-state index in [1.807, 2.05) is 45.0 Å². The van der Waals surface area contributed by atoms with E-state index in [9.17, 15) is 29.1 Å². The lowest BCUT2D eigenvalue weighted by molar-refractivity contribution is -0.143. The molecule has 38 heavy (non-hydrogen) atoms. The molecule has 0 bridgehead atoms. The molecule has 2 aliphatic heterocycles. The van der Waals surface area contributed by atoms with E-state index in [4.69, 9.17) is 0 Å². The van der Waals surface area contributed by atoms with Crippen molar-refractivity contribution in [1.29, 1.82) is 0 Å². The molecule has 0 aliphatic carbocycles. The zero-order chi connectivity index (χ0) is 28.0. The molecule has 1 aromatic carbocycles. The maximum atomic E-state index is 13.0. The second-order valence-corrected chi connectivity index (χ2v) is 11.0. The van der Waals surface area contributed by atoms with Crippen LogP contribution < -0.4 is 16.0 Å². The van der Waals surface area contributed by atoms with Gasteiger partial charge in [-0.15, -0.1) is 0 Å². The molecule has 11 heteroatoms. The van der Waals surface area contributed by atoms with Crippen molar-refractivity contribution in [2.45, 2.75) is 71.5 Å². The summed E-state index contributed by atoms with van der Waals surface area (Å²) in [7, 11) is 0. The van der Waals surface area contributed by atoms with Crippen molar-refractivity contribution in [2.75, 3.05) is 26.2 Å². The van der Waals surface area contributed by atoms with Gasteiger partial charge in [-0.1, -0.05) is 45.9 Å². The molecule has 11 nitrogen and oxygen atoms in total. The number of hydrogen-bond donors (Lipinski definition) is 4. The minimum Gasteiger partial charge on any atom is -0.480 e. The van der Waals surface area contributed by atoms with Crippen LogP contribution in [0.15, 0.2) is 24.3 Å². The maximum Gasteiger partial charge on any atom is 0.326 e. The first kappa shape index (κ1) is 28.9. The molecule has 0 unspecified atom stereocenters. The molecule has 0 radical (unpaired) electrons. The highest BCUT2D eigenvalue weighted by Gasteiger charge is 2.36.